The second-order valence-corrected chi connectivity index (χ2v) is 6.38. The average Bonchev–Trinajstić information content (AvgIpc) is 3.14. The van der Waals surface area contributed by atoms with Gasteiger partial charge in [-0.25, -0.2) is 14.6 Å². The summed E-state index contributed by atoms with van der Waals surface area (Å²) in [5.74, 6) is 1.38. The average molecular weight is 387 g/mol. The van der Waals surface area contributed by atoms with Gasteiger partial charge < -0.3 is 4.74 Å². The molecule has 0 fully saturated rings. The number of ether oxygens (including phenoxy) is 1. The van der Waals surface area contributed by atoms with Gasteiger partial charge in [-0.3, -0.25) is 10.4 Å². The number of hydrogen-bond acceptors (Lipinski definition) is 7. The molecule has 4 aromatic rings. The highest BCUT2D eigenvalue weighted by molar-refractivity contribution is 5.91. The number of rotatable bonds is 7. The van der Waals surface area contributed by atoms with Crippen molar-refractivity contribution in [3.05, 3.63) is 66.4 Å². The molecule has 0 aliphatic heterocycles. The molecule has 0 unspecified atom stereocenters. The number of hydrogen-bond donors (Lipinski definition) is 1. The lowest BCUT2D eigenvalue weighted by Crippen LogP contribution is -2.00. The Bertz CT molecular complexity index is 1140. The van der Waals surface area contributed by atoms with Gasteiger partial charge in [0.1, 0.15) is 12.1 Å². The van der Waals surface area contributed by atoms with Gasteiger partial charge in [-0.2, -0.15) is 10.2 Å². The third-order valence-corrected chi connectivity index (χ3v) is 4.41. The van der Waals surface area contributed by atoms with E-state index >= 15 is 0 Å². The molecule has 1 aromatic carbocycles. The van der Waals surface area contributed by atoms with E-state index in [2.05, 4.69) is 32.4 Å². The van der Waals surface area contributed by atoms with Crippen LogP contribution in [0.1, 0.15) is 24.6 Å². The Kier molecular flexibility index (Phi) is 5.42. The van der Waals surface area contributed by atoms with Crippen LogP contribution in [0.15, 0.2) is 60.2 Å². The molecule has 3 heterocycles. The molecular weight excluding hydrogens is 366 g/mol. The minimum absolute atomic E-state index is 0.623. The van der Waals surface area contributed by atoms with Gasteiger partial charge in [0.05, 0.1) is 30.1 Å². The van der Waals surface area contributed by atoms with Gasteiger partial charge in [-0.1, -0.05) is 19.4 Å². The number of nitrogens with one attached hydrogen (secondary N) is 1. The monoisotopic (exact) mass is 387 g/mol. The third-order valence-electron chi connectivity index (χ3n) is 4.41. The largest absolute Gasteiger partial charge is 0.497 e. The molecule has 0 radical (unpaired) electrons. The van der Waals surface area contributed by atoms with Crippen LogP contribution in [0.5, 0.6) is 5.75 Å². The summed E-state index contributed by atoms with van der Waals surface area (Å²) >= 11 is 0. The van der Waals surface area contributed by atoms with Crippen molar-refractivity contribution in [2.24, 2.45) is 5.10 Å². The third kappa shape index (κ3) is 3.91. The van der Waals surface area contributed by atoms with Gasteiger partial charge in [0, 0.05) is 18.5 Å². The van der Waals surface area contributed by atoms with Crippen molar-refractivity contribution in [1.29, 1.82) is 0 Å². The van der Waals surface area contributed by atoms with Crippen LogP contribution in [0.4, 0.5) is 5.82 Å². The normalized spacial score (nSPS) is 11.2. The maximum atomic E-state index is 5.35. The Morgan fingerprint density at radius 1 is 1.17 bits per heavy atom. The molecule has 8 nitrogen and oxygen atoms in total. The van der Waals surface area contributed by atoms with Gasteiger partial charge in [-0.05, 0) is 36.2 Å². The van der Waals surface area contributed by atoms with Crippen molar-refractivity contribution in [3.8, 4) is 11.4 Å². The molecule has 0 saturated carbocycles. The number of pyridine rings is 1. The van der Waals surface area contributed by atoms with Gasteiger partial charge in [-0.15, -0.1) is 0 Å². The van der Waals surface area contributed by atoms with Gasteiger partial charge in [0.15, 0.2) is 11.5 Å². The number of fused-ring (bicyclic) bond motifs is 1. The molecule has 0 aliphatic rings. The van der Waals surface area contributed by atoms with E-state index in [-0.39, 0.29) is 0 Å². The van der Waals surface area contributed by atoms with E-state index in [1.54, 1.807) is 25.7 Å². The number of aromatic nitrogens is 5. The Balaban J connectivity index is 1.76. The van der Waals surface area contributed by atoms with Gasteiger partial charge in [0.25, 0.3) is 0 Å². The zero-order valence-corrected chi connectivity index (χ0v) is 16.3. The molecule has 0 saturated heterocycles. The first-order valence-electron chi connectivity index (χ1n) is 9.36. The first-order chi connectivity index (χ1) is 14.3. The molecule has 0 aliphatic carbocycles. The van der Waals surface area contributed by atoms with Crippen molar-refractivity contribution in [2.45, 2.75) is 19.8 Å². The molecule has 4 rings (SSSR count). The predicted molar refractivity (Wildman–Crippen MR) is 113 cm³/mol. The predicted octanol–water partition coefficient (Wildman–Crippen LogP) is 3.62. The first-order valence-corrected chi connectivity index (χ1v) is 9.36. The fourth-order valence-corrected chi connectivity index (χ4v) is 3.06. The quantitative estimate of drug-likeness (QED) is 0.385. The number of anilines is 1. The van der Waals surface area contributed by atoms with E-state index < -0.39 is 0 Å². The fraction of sp³-hybridized carbons (Fsp3) is 0.190. The van der Waals surface area contributed by atoms with E-state index in [9.17, 15) is 0 Å². The summed E-state index contributed by atoms with van der Waals surface area (Å²) in [4.78, 5) is 12.9. The molecule has 3 aromatic heterocycles. The van der Waals surface area contributed by atoms with Crippen LogP contribution in [0.25, 0.3) is 16.7 Å². The Morgan fingerprint density at radius 2 is 2.03 bits per heavy atom. The standard InChI is InChI=1S/C21H21N7O/c1-3-5-18-19-20(26-25-13-15-8-10-22-11-9-15)23-14-24-21(19)28(27-18)16-6-4-7-17(12-16)29-2/h4,6-14H,3,5H2,1-2H3,(H,23,24,26). The van der Waals surface area contributed by atoms with Crippen LogP contribution >= 0.6 is 0 Å². The number of methoxy groups -OCH3 is 1. The molecule has 0 spiro atoms. The molecule has 146 valence electrons. The summed E-state index contributed by atoms with van der Waals surface area (Å²) in [5, 5.41) is 10.00. The maximum absolute atomic E-state index is 5.35. The van der Waals surface area contributed by atoms with Crippen molar-refractivity contribution < 1.29 is 4.74 Å². The van der Waals surface area contributed by atoms with Crippen LogP contribution in [0.2, 0.25) is 0 Å². The second kappa shape index (κ2) is 8.47. The lowest BCUT2D eigenvalue weighted by atomic mass is 10.2. The molecular formula is C21H21N7O. The topological polar surface area (TPSA) is 90.1 Å². The smallest absolute Gasteiger partial charge is 0.168 e. The molecule has 0 atom stereocenters. The molecule has 0 amide bonds. The first kappa shape index (κ1) is 18.5. The maximum Gasteiger partial charge on any atom is 0.168 e. The van der Waals surface area contributed by atoms with Crippen molar-refractivity contribution >= 4 is 23.1 Å². The zero-order valence-electron chi connectivity index (χ0n) is 16.3. The highest BCUT2D eigenvalue weighted by Crippen LogP contribution is 2.27. The highest BCUT2D eigenvalue weighted by atomic mass is 16.5. The number of nitrogens with zero attached hydrogens (tertiary/aromatic N) is 6. The molecule has 29 heavy (non-hydrogen) atoms. The zero-order chi connectivity index (χ0) is 20.1. The van der Waals surface area contributed by atoms with Crippen LogP contribution in [0.3, 0.4) is 0 Å². The number of hydrazone groups is 1. The molecule has 1 N–H and O–H groups in total. The van der Waals surface area contributed by atoms with Crippen LogP contribution in [-0.4, -0.2) is 38.1 Å². The van der Waals surface area contributed by atoms with E-state index in [1.165, 1.54) is 6.33 Å². The molecule has 0 bridgehead atoms. The summed E-state index contributed by atoms with van der Waals surface area (Å²) in [6.45, 7) is 2.12. The van der Waals surface area contributed by atoms with Gasteiger partial charge >= 0.3 is 0 Å². The fourth-order valence-electron chi connectivity index (χ4n) is 3.06. The number of benzene rings is 1. The van der Waals surface area contributed by atoms with E-state index in [0.717, 1.165) is 46.6 Å². The summed E-state index contributed by atoms with van der Waals surface area (Å²) < 4.78 is 7.17. The van der Waals surface area contributed by atoms with E-state index in [0.29, 0.717) is 5.82 Å². The number of aryl methyl sites for hydroxylation is 1. The molecule has 8 heteroatoms. The van der Waals surface area contributed by atoms with Crippen molar-refractivity contribution in [2.75, 3.05) is 12.5 Å². The summed E-state index contributed by atoms with van der Waals surface area (Å²) in [7, 11) is 1.65. The second-order valence-electron chi connectivity index (χ2n) is 6.38. The van der Waals surface area contributed by atoms with Crippen LogP contribution < -0.4 is 10.2 Å². The highest BCUT2D eigenvalue weighted by Gasteiger charge is 2.17. The van der Waals surface area contributed by atoms with Gasteiger partial charge in [0.2, 0.25) is 0 Å². The SMILES string of the molecule is CCCc1nn(-c2cccc(OC)c2)c2ncnc(NN=Cc3ccncc3)c12. The summed E-state index contributed by atoms with van der Waals surface area (Å²) in [5.41, 5.74) is 6.51. The Hall–Kier alpha value is -3.81. The Morgan fingerprint density at radius 3 is 2.83 bits per heavy atom. The minimum Gasteiger partial charge on any atom is -0.497 e. The Labute approximate surface area is 168 Å². The van der Waals surface area contributed by atoms with Crippen molar-refractivity contribution in [3.63, 3.8) is 0 Å². The minimum atomic E-state index is 0.623. The summed E-state index contributed by atoms with van der Waals surface area (Å²) in [6.07, 6.45) is 8.45. The van der Waals surface area contributed by atoms with Crippen LogP contribution in [-0.2, 0) is 6.42 Å². The van der Waals surface area contributed by atoms with E-state index in [1.807, 2.05) is 41.1 Å². The lowest BCUT2D eigenvalue weighted by Gasteiger charge is -2.06. The van der Waals surface area contributed by atoms with Crippen molar-refractivity contribution in [1.82, 2.24) is 24.7 Å². The summed E-state index contributed by atoms with van der Waals surface area (Å²) in [6, 6.07) is 11.5. The van der Waals surface area contributed by atoms with E-state index in [4.69, 9.17) is 9.84 Å². The lowest BCUT2D eigenvalue weighted by molar-refractivity contribution is 0.414. The van der Waals surface area contributed by atoms with Crippen LogP contribution in [0, 0.1) is 0 Å².